The summed E-state index contributed by atoms with van der Waals surface area (Å²) in [6.45, 7) is 13.2. The molecule has 2 saturated heterocycles. The number of nitrogens with one attached hydrogen (secondary N) is 2. The van der Waals surface area contributed by atoms with Gasteiger partial charge in [-0.2, -0.15) is 4.98 Å². The minimum Gasteiger partial charge on any atom is -0.437 e. The Labute approximate surface area is 252 Å². The van der Waals surface area contributed by atoms with Crippen molar-refractivity contribution in [2.24, 2.45) is 5.73 Å². The number of benzene rings is 2. The van der Waals surface area contributed by atoms with Crippen LogP contribution in [0.25, 0.3) is 0 Å². The average Bonchev–Trinajstić information content (AvgIpc) is 3.02. The molecule has 0 saturated carbocycles. The number of carbonyl (C=O) groups is 2. The monoisotopic (exact) mass is 585 g/mol. The third kappa shape index (κ3) is 7.30. The molecule has 2 aromatic carbocycles. The zero-order valence-corrected chi connectivity index (χ0v) is 24.8. The van der Waals surface area contributed by atoms with Crippen LogP contribution in [0, 0.1) is 6.92 Å². The van der Waals surface area contributed by atoms with Gasteiger partial charge in [-0.25, -0.2) is 4.98 Å². The summed E-state index contributed by atoms with van der Waals surface area (Å²) in [7, 11) is 0. The number of hydrogen-bond acceptors (Lipinski definition) is 9. The first kappa shape index (κ1) is 30.0. The van der Waals surface area contributed by atoms with Crippen LogP contribution >= 0.6 is 0 Å². The van der Waals surface area contributed by atoms with E-state index in [-0.39, 0.29) is 23.3 Å². The summed E-state index contributed by atoms with van der Waals surface area (Å²) in [6.07, 6.45) is 3.92. The summed E-state index contributed by atoms with van der Waals surface area (Å²) in [5.41, 5.74) is 9.82. The Morgan fingerprint density at radius 3 is 2.53 bits per heavy atom. The van der Waals surface area contributed by atoms with Crippen LogP contribution in [0.1, 0.15) is 41.5 Å². The van der Waals surface area contributed by atoms with Gasteiger partial charge >= 0.3 is 0 Å². The third-order valence-corrected chi connectivity index (χ3v) is 7.83. The number of nitrogens with two attached hydrogens (primary N) is 1. The SMILES string of the molecule is C=CC(=O)Nc1cccc(Oc2nc(Nc3ccc(N4CCC(N5CCOCC5)CC4)c(C)c3)c(C(N)=O)nc2CC)c1. The molecule has 2 amide bonds. The van der Waals surface area contributed by atoms with E-state index < -0.39 is 5.91 Å². The first-order valence-electron chi connectivity index (χ1n) is 14.7. The van der Waals surface area contributed by atoms with E-state index in [1.165, 1.54) is 11.8 Å². The molecule has 226 valence electrons. The molecule has 0 atom stereocenters. The second kappa shape index (κ2) is 13.7. The predicted molar refractivity (Wildman–Crippen MR) is 167 cm³/mol. The number of piperidine rings is 1. The Morgan fingerprint density at radius 2 is 1.86 bits per heavy atom. The number of rotatable bonds is 10. The van der Waals surface area contributed by atoms with Gasteiger partial charge in [-0.05, 0) is 68.2 Å². The first-order chi connectivity index (χ1) is 20.8. The number of aryl methyl sites for hydroxylation is 2. The molecule has 0 radical (unpaired) electrons. The van der Waals surface area contributed by atoms with Crippen molar-refractivity contribution in [2.75, 3.05) is 54.9 Å². The summed E-state index contributed by atoms with van der Waals surface area (Å²) >= 11 is 0. The third-order valence-electron chi connectivity index (χ3n) is 7.83. The maximum absolute atomic E-state index is 12.4. The van der Waals surface area contributed by atoms with Gasteiger partial charge in [0.15, 0.2) is 11.5 Å². The van der Waals surface area contributed by atoms with Crippen molar-refractivity contribution in [1.82, 2.24) is 14.9 Å². The first-order valence-corrected chi connectivity index (χ1v) is 14.7. The van der Waals surface area contributed by atoms with Gasteiger partial charge in [0.1, 0.15) is 11.4 Å². The summed E-state index contributed by atoms with van der Waals surface area (Å²) in [5.74, 6) is -0.140. The van der Waals surface area contributed by atoms with Crippen LogP contribution in [0.2, 0.25) is 0 Å². The van der Waals surface area contributed by atoms with Gasteiger partial charge in [-0.15, -0.1) is 0 Å². The highest BCUT2D eigenvalue weighted by atomic mass is 16.5. The molecule has 0 spiro atoms. The molecule has 0 unspecified atom stereocenters. The molecule has 11 nitrogen and oxygen atoms in total. The van der Waals surface area contributed by atoms with Crippen molar-refractivity contribution in [2.45, 2.75) is 39.2 Å². The predicted octanol–water partition coefficient (Wildman–Crippen LogP) is 4.41. The molecular formula is C32H39N7O4. The van der Waals surface area contributed by atoms with Crippen LogP contribution in [0.4, 0.5) is 22.9 Å². The maximum Gasteiger partial charge on any atom is 0.271 e. The van der Waals surface area contributed by atoms with Gasteiger partial charge in [-0.3, -0.25) is 14.5 Å². The Morgan fingerprint density at radius 1 is 1.09 bits per heavy atom. The lowest BCUT2D eigenvalue weighted by Crippen LogP contribution is -2.49. The van der Waals surface area contributed by atoms with Crippen molar-refractivity contribution in [3.05, 3.63) is 72.1 Å². The summed E-state index contributed by atoms with van der Waals surface area (Å²) in [6, 6.07) is 13.6. The lowest BCUT2D eigenvalue weighted by Gasteiger charge is -2.41. The zero-order chi connectivity index (χ0) is 30.3. The van der Waals surface area contributed by atoms with Crippen LogP contribution in [-0.2, 0) is 16.0 Å². The Balaban J connectivity index is 1.33. The molecule has 3 heterocycles. The highest BCUT2D eigenvalue weighted by Crippen LogP contribution is 2.32. The molecule has 2 aliphatic heterocycles. The minimum absolute atomic E-state index is 0.0307. The molecular weight excluding hydrogens is 546 g/mol. The number of ether oxygens (including phenoxy) is 2. The topological polar surface area (TPSA) is 135 Å². The van der Waals surface area contributed by atoms with Crippen molar-refractivity contribution < 1.29 is 19.1 Å². The van der Waals surface area contributed by atoms with E-state index in [4.69, 9.17) is 15.2 Å². The number of anilines is 4. The lowest BCUT2D eigenvalue weighted by molar-refractivity contribution is -0.111. The van der Waals surface area contributed by atoms with E-state index in [2.05, 4.69) is 50.0 Å². The van der Waals surface area contributed by atoms with Crippen LogP contribution in [0.3, 0.4) is 0 Å². The van der Waals surface area contributed by atoms with Gasteiger partial charge in [-0.1, -0.05) is 19.6 Å². The summed E-state index contributed by atoms with van der Waals surface area (Å²) in [4.78, 5) is 38.2. The number of amides is 2. The fourth-order valence-corrected chi connectivity index (χ4v) is 5.61. The standard InChI is InChI=1S/C32H39N7O4/c1-4-26-32(43-25-8-6-7-22(20-25)34-28(40)5-2)37-31(29(36-26)30(33)41)35-23-9-10-27(21(3)19-23)39-13-11-24(12-14-39)38-15-17-42-18-16-38/h5-10,19-20,24H,2,4,11-18H2,1,3H3,(H2,33,41)(H,34,40)(H,35,37). The molecule has 0 bridgehead atoms. The van der Waals surface area contributed by atoms with Crippen molar-refractivity contribution in [1.29, 1.82) is 0 Å². The Hall–Kier alpha value is -4.48. The molecule has 2 aliphatic rings. The van der Waals surface area contributed by atoms with Gasteiger partial charge in [0, 0.05) is 55.3 Å². The second-order valence-electron chi connectivity index (χ2n) is 10.7. The number of carbonyl (C=O) groups excluding carboxylic acids is 2. The molecule has 0 aliphatic carbocycles. The Bertz CT molecular complexity index is 1480. The molecule has 5 rings (SSSR count). The molecule has 4 N–H and O–H groups in total. The maximum atomic E-state index is 12.4. The van der Waals surface area contributed by atoms with Crippen LogP contribution < -0.4 is 26.0 Å². The van der Waals surface area contributed by atoms with E-state index in [1.807, 2.05) is 19.1 Å². The lowest BCUT2D eigenvalue weighted by atomic mass is 10.0. The molecule has 11 heteroatoms. The van der Waals surface area contributed by atoms with E-state index in [1.54, 1.807) is 24.3 Å². The van der Waals surface area contributed by atoms with Crippen molar-refractivity contribution in [3.63, 3.8) is 0 Å². The van der Waals surface area contributed by atoms with Crippen molar-refractivity contribution in [3.8, 4) is 11.6 Å². The summed E-state index contributed by atoms with van der Waals surface area (Å²) in [5, 5.41) is 5.95. The van der Waals surface area contributed by atoms with Gasteiger partial charge in [0.05, 0.1) is 13.2 Å². The number of primary amides is 1. The fraction of sp³-hybridized carbons (Fsp3) is 0.375. The number of hydrogen-bond donors (Lipinski definition) is 3. The molecule has 1 aromatic heterocycles. The fourth-order valence-electron chi connectivity index (χ4n) is 5.61. The van der Waals surface area contributed by atoms with Crippen LogP contribution in [0.15, 0.2) is 55.1 Å². The molecule has 43 heavy (non-hydrogen) atoms. The zero-order valence-electron chi connectivity index (χ0n) is 24.8. The number of nitrogens with zero attached hydrogens (tertiary/aromatic N) is 4. The number of morpholine rings is 1. The highest BCUT2D eigenvalue weighted by molar-refractivity contribution is 5.99. The van der Waals surface area contributed by atoms with Crippen molar-refractivity contribution >= 4 is 34.7 Å². The Kier molecular flexibility index (Phi) is 9.53. The van der Waals surface area contributed by atoms with E-state index in [0.717, 1.165) is 63.5 Å². The van der Waals surface area contributed by atoms with Crippen LogP contribution in [-0.4, -0.2) is 72.1 Å². The smallest absolute Gasteiger partial charge is 0.271 e. The van der Waals surface area contributed by atoms with Crippen LogP contribution in [0.5, 0.6) is 11.6 Å². The van der Waals surface area contributed by atoms with Gasteiger partial charge in [0.2, 0.25) is 11.8 Å². The average molecular weight is 586 g/mol. The highest BCUT2D eigenvalue weighted by Gasteiger charge is 2.26. The van der Waals surface area contributed by atoms with E-state index >= 15 is 0 Å². The summed E-state index contributed by atoms with van der Waals surface area (Å²) < 4.78 is 11.6. The molecule has 3 aromatic rings. The largest absolute Gasteiger partial charge is 0.437 e. The normalized spacial score (nSPS) is 16.0. The molecule has 2 fully saturated rings. The number of aromatic nitrogens is 2. The van der Waals surface area contributed by atoms with E-state index in [9.17, 15) is 9.59 Å². The second-order valence-corrected chi connectivity index (χ2v) is 10.7. The van der Waals surface area contributed by atoms with Gasteiger partial charge in [0.25, 0.3) is 5.91 Å². The van der Waals surface area contributed by atoms with Gasteiger partial charge < -0.3 is 30.7 Å². The quantitative estimate of drug-likeness (QED) is 0.296. The minimum atomic E-state index is -0.693. The van der Waals surface area contributed by atoms with E-state index in [0.29, 0.717) is 29.6 Å².